The van der Waals surface area contributed by atoms with Gasteiger partial charge in [-0.2, -0.15) is 5.10 Å². The van der Waals surface area contributed by atoms with Gasteiger partial charge in [0.15, 0.2) is 0 Å². The summed E-state index contributed by atoms with van der Waals surface area (Å²) in [7, 11) is 1.87. The van der Waals surface area contributed by atoms with Crippen LogP contribution in [0.4, 0.5) is 5.95 Å². The highest BCUT2D eigenvalue weighted by Crippen LogP contribution is 2.27. The second kappa shape index (κ2) is 8.48. The van der Waals surface area contributed by atoms with E-state index in [1.54, 1.807) is 28.0 Å². The van der Waals surface area contributed by atoms with E-state index in [-0.39, 0.29) is 11.9 Å². The Morgan fingerprint density at radius 2 is 1.91 bits per heavy atom. The molecule has 3 aromatic heterocycles. The summed E-state index contributed by atoms with van der Waals surface area (Å²) in [5, 5.41) is 12.9. The number of aromatic nitrogens is 6. The zero-order chi connectivity index (χ0) is 22.9. The first-order chi connectivity index (χ1) is 16.0. The Kier molecular flexibility index (Phi) is 5.35. The Bertz CT molecular complexity index is 1490. The Morgan fingerprint density at radius 1 is 1.12 bits per heavy atom. The monoisotopic (exact) mass is 457 g/mol. The number of para-hydroxylation sites is 1. The lowest BCUT2D eigenvalue weighted by Gasteiger charge is -2.09. The van der Waals surface area contributed by atoms with Crippen LogP contribution >= 0.6 is 11.6 Å². The normalized spacial score (nSPS) is 11.1. The number of pyridine rings is 1. The first-order valence-electron chi connectivity index (χ1n) is 10.3. The van der Waals surface area contributed by atoms with Gasteiger partial charge in [-0.25, -0.2) is 14.6 Å². The molecule has 2 aromatic carbocycles. The van der Waals surface area contributed by atoms with Crippen LogP contribution in [0.2, 0.25) is 5.02 Å². The molecule has 33 heavy (non-hydrogen) atoms. The zero-order valence-corrected chi connectivity index (χ0v) is 18.8. The minimum Gasteiger partial charge on any atom is -0.289 e. The van der Waals surface area contributed by atoms with E-state index in [1.165, 1.54) is 0 Å². The lowest BCUT2D eigenvalue weighted by Crippen LogP contribution is -2.14. The molecule has 0 aliphatic heterocycles. The number of benzene rings is 2. The van der Waals surface area contributed by atoms with Crippen LogP contribution in [0.3, 0.4) is 0 Å². The minimum absolute atomic E-state index is 0.215. The molecule has 5 aromatic rings. The summed E-state index contributed by atoms with van der Waals surface area (Å²) < 4.78 is 3.41. The summed E-state index contributed by atoms with van der Waals surface area (Å²) in [5.74, 6) is -0.0982. The quantitative estimate of drug-likeness (QED) is 0.420. The Balaban J connectivity index is 1.46. The van der Waals surface area contributed by atoms with Crippen molar-refractivity contribution in [2.45, 2.75) is 13.5 Å². The number of hydrogen-bond acceptors (Lipinski definition) is 5. The third-order valence-electron chi connectivity index (χ3n) is 5.52. The fourth-order valence-electron chi connectivity index (χ4n) is 3.65. The van der Waals surface area contributed by atoms with E-state index in [9.17, 15) is 4.79 Å². The second-order valence-electron chi connectivity index (χ2n) is 7.65. The van der Waals surface area contributed by atoms with Crippen molar-refractivity contribution in [3.8, 4) is 11.3 Å². The molecule has 0 radical (unpaired) electrons. The summed E-state index contributed by atoms with van der Waals surface area (Å²) in [6, 6.07) is 16.9. The zero-order valence-electron chi connectivity index (χ0n) is 18.0. The van der Waals surface area contributed by atoms with Crippen LogP contribution in [0.15, 0.2) is 67.1 Å². The molecule has 0 aliphatic carbocycles. The topological polar surface area (TPSA) is 90.5 Å². The van der Waals surface area contributed by atoms with Gasteiger partial charge in [0.25, 0.3) is 5.91 Å². The third kappa shape index (κ3) is 4.08. The number of nitrogens with zero attached hydrogens (tertiary/aromatic N) is 6. The standard InChI is InChI=1S/C24H20ClN7O/c1-15-19(12-27-31(15)2)22-11-18(17-8-4-6-10-21(17)28-22)23(33)29-24-26-14-32(30-24)13-16-7-3-5-9-20(16)25/h3-12,14H,13H2,1-2H3,(H,29,30,33). The minimum atomic E-state index is -0.313. The molecule has 0 unspecified atom stereocenters. The van der Waals surface area contributed by atoms with Crippen LogP contribution in [-0.4, -0.2) is 35.4 Å². The first-order valence-corrected chi connectivity index (χ1v) is 10.7. The van der Waals surface area contributed by atoms with E-state index in [0.29, 0.717) is 22.8 Å². The Morgan fingerprint density at radius 3 is 2.70 bits per heavy atom. The van der Waals surface area contributed by atoms with Crippen molar-refractivity contribution in [1.29, 1.82) is 0 Å². The molecule has 1 amide bonds. The second-order valence-corrected chi connectivity index (χ2v) is 8.06. The van der Waals surface area contributed by atoms with E-state index < -0.39 is 0 Å². The van der Waals surface area contributed by atoms with Crippen molar-refractivity contribution >= 4 is 34.4 Å². The van der Waals surface area contributed by atoms with E-state index in [4.69, 9.17) is 16.6 Å². The molecule has 0 atom stereocenters. The van der Waals surface area contributed by atoms with Gasteiger partial charge in [0.2, 0.25) is 5.95 Å². The number of hydrogen-bond donors (Lipinski definition) is 1. The lowest BCUT2D eigenvalue weighted by atomic mass is 10.0. The third-order valence-corrected chi connectivity index (χ3v) is 5.89. The molecule has 9 heteroatoms. The maximum absolute atomic E-state index is 13.3. The van der Waals surface area contributed by atoms with E-state index in [0.717, 1.165) is 27.7 Å². The van der Waals surface area contributed by atoms with Crippen molar-refractivity contribution in [2.24, 2.45) is 7.05 Å². The fraction of sp³-hybridized carbons (Fsp3) is 0.125. The molecule has 164 valence electrons. The number of fused-ring (bicyclic) bond motifs is 1. The fourth-order valence-corrected chi connectivity index (χ4v) is 3.85. The molecule has 0 fully saturated rings. The van der Waals surface area contributed by atoms with Gasteiger partial charge < -0.3 is 0 Å². The highest BCUT2D eigenvalue weighted by molar-refractivity contribution is 6.31. The van der Waals surface area contributed by atoms with Crippen LogP contribution < -0.4 is 5.32 Å². The van der Waals surface area contributed by atoms with Crippen molar-refractivity contribution in [1.82, 2.24) is 29.5 Å². The molecule has 0 saturated heterocycles. The highest BCUT2D eigenvalue weighted by atomic mass is 35.5. The molecule has 0 bridgehead atoms. The van der Waals surface area contributed by atoms with Gasteiger partial charge in [-0.3, -0.25) is 14.8 Å². The molecule has 0 saturated carbocycles. The van der Waals surface area contributed by atoms with Gasteiger partial charge in [-0.1, -0.05) is 48.0 Å². The molecule has 1 N–H and O–H groups in total. The molecule has 8 nitrogen and oxygen atoms in total. The first kappa shape index (κ1) is 20.8. The highest BCUT2D eigenvalue weighted by Gasteiger charge is 2.17. The molecule has 0 spiro atoms. The van der Waals surface area contributed by atoms with E-state index in [2.05, 4.69) is 20.5 Å². The van der Waals surface area contributed by atoms with Crippen LogP contribution in [0, 0.1) is 6.92 Å². The van der Waals surface area contributed by atoms with Gasteiger partial charge in [0.1, 0.15) is 6.33 Å². The number of carbonyl (C=O) groups excluding carboxylic acids is 1. The number of carbonyl (C=O) groups is 1. The van der Waals surface area contributed by atoms with Crippen LogP contribution in [-0.2, 0) is 13.6 Å². The molecular formula is C24H20ClN7O. The molecule has 5 rings (SSSR count). The van der Waals surface area contributed by atoms with Crippen molar-refractivity contribution < 1.29 is 4.79 Å². The maximum Gasteiger partial charge on any atom is 0.258 e. The smallest absolute Gasteiger partial charge is 0.258 e. The predicted molar refractivity (Wildman–Crippen MR) is 127 cm³/mol. The number of amides is 1. The number of halogens is 1. The SMILES string of the molecule is Cc1c(-c2cc(C(=O)Nc3ncn(Cc4ccccc4Cl)n3)c3ccccc3n2)cnn1C. The number of nitrogens with one attached hydrogen (secondary N) is 1. The average Bonchev–Trinajstić information content (AvgIpc) is 3.40. The Hall–Kier alpha value is -4.04. The number of aryl methyl sites for hydroxylation is 1. The molecule has 3 heterocycles. The number of anilines is 1. The largest absolute Gasteiger partial charge is 0.289 e. The van der Waals surface area contributed by atoms with Crippen molar-refractivity contribution in [2.75, 3.05) is 5.32 Å². The summed E-state index contributed by atoms with van der Waals surface area (Å²) >= 11 is 6.24. The lowest BCUT2D eigenvalue weighted by molar-refractivity contribution is 0.102. The summed E-state index contributed by atoms with van der Waals surface area (Å²) in [4.78, 5) is 22.2. The van der Waals surface area contributed by atoms with Gasteiger partial charge in [-0.05, 0) is 30.7 Å². The van der Waals surface area contributed by atoms with Gasteiger partial charge in [0, 0.05) is 28.7 Å². The van der Waals surface area contributed by atoms with Crippen LogP contribution in [0.25, 0.3) is 22.2 Å². The van der Waals surface area contributed by atoms with E-state index in [1.807, 2.05) is 62.5 Å². The summed E-state index contributed by atoms with van der Waals surface area (Å²) in [6.07, 6.45) is 3.32. The van der Waals surface area contributed by atoms with Crippen molar-refractivity contribution in [3.63, 3.8) is 0 Å². The van der Waals surface area contributed by atoms with Crippen LogP contribution in [0.5, 0.6) is 0 Å². The van der Waals surface area contributed by atoms with Gasteiger partial charge in [0.05, 0.1) is 29.5 Å². The summed E-state index contributed by atoms with van der Waals surface area (Å²) in [6.45, 7) is 2.42. The van der Waals surface area contributed by atoms with Gasteiger partial charge >= 0.3 is 0 Å². The predicted octanol–water partition coefficient (Wildman–Crippen LogP) is 4.49. The Labute approximate surface area is 194 Å². The van der Waals surface area contributed by atoms with E-state index >= 15 is 0 Å². The molecular weight excluding hydrogens is 438 g/mol. The van der Waals surface area contributed by atoms with Crippen molar-refractivity contribution in [3.05, 3.63) is 89.0 Å². The average molecular weight is 458 g/mol. The molecule has 0 aliphatic rings. The summed E-state index contributed by atoms with van der Waals surface area (Å²) in [5.41, 5.74) is 4.64. The van der Waals surface area contributed by atoms with Crippen LogP contribution in [0.1, 0.15) is 21.6 Å². The number of rotatable bonds is 5. The maximum atomic E-state index is 13.3. The van der Waals surface area contributed by atoms with Gasteiger partial charge in [-0.15, -0.1) is 5.10 Å².